The minimum Gasteiger partial charge on any atom is -0.480 e. The summed E-state index contributed by atoms with van der Waals surface area (Å²) < 4.78 is 5.69. The van der Waals surface area contributed by atoms with Crippen molar-refractivity contribution < 1.29 is 14.6 Å². The Balaban J connectivity index is 2.22. The number of carboxylic acids is 1. The molecule has 0 saturated heterocycles. The Morgan fingerprint density at radius 2 is 1.79 bits per heavy atom. The molecule has 2 aromatic rings. The van der Waals surface area contributed by atoms with Crippen LogP contribution in [0.1, 0.15) is 10.8 Å². The third kappa shape index (κ3) is 3.51. The minimum atomic E-state index is -0.843. The quantitative estimate of drug-likeness (QED) is 0.896. The Morgan fingerprint density at radius 3 is 2.42 bits per heavy atom. The second-order valence-corrected chi connectivity index (χ2v) is 4.88. The first kappa shape index (κ1) is 13.5. The summed E-state index contributed by atoms with van der Waals surface area (Å²) in [5.41, 5.74) is 0.730. The Kier molecular flexibility index (Phi) is 4.47. The molecule has 98 valence electrons. The standard InChI is InChI=1S/C15H14O3S/c1-19-14(15(16)17)11-6-5-9-13(10-11)18-12-7-3-2-4-8-12/h2-10,14H,1H3,(H,16,17). The number of ether oxygens (including phenoxy) is 1. The minimum absolute atomic E-state index is 0.570. The smallest absolute Gasteiger partial charge is 0.321 e. The molecule has 4 heteroatoms. The van der Waals surface area contributed by atoms with Crippen LogP contribution in [-0.2, 0) is 4.79 Å². The van der Waals surface area contributed by atoms with Gasteiger partial charge in [-0.1, -0.05) is 30.3 Å². The van der Waals surface area contributed by atoms with E-state index in [2.05, 4.69) is 0 Å². The largest absolute Gasteiger partial charge is 0.480 e. The van der Waals surface area contributed by atoms with Crippen LogP contribution in [0, 0.1) is 0 Å². The fraction of sp³-hybridized carbons (Fsp3) is 0.133. The van der Waals surface area contributed by atoms with Gasteiger partial charge in [0, 0.05) is 0 Å². The van der Waals surface area contributed by atoms with Gasteiger partial charge in [0.25, 0.3) is 0 Å². The average molecular weight is 274 g/mol. The van der Waals surface area contributed by atoms with Crippen molar-refractivity contribution in [2.75, 3.05) is 6.26 Å². The van der Waals surface area contributed by atoms with E-state index in [0.29, 0.717) is 5.75 Å². The molecule has 2 rings (SSSR count). The van der Waals surface area contributed by atoms with Crippen molar-refractivity contribution in [3.05, 3.63) is 60.2 Å². The molecule has 0 heterocycles. The van der Waals surface area contributed by atoms with Crippen LogP contribution in [0.2, 0.25) is 0 Å². The van der Waals surface area contributed by atoms with Crippen LogP contribution in [0.25, 0.3) is 0 Å². The van der Waals surface area contributed by atoms with Gasteiger partial charge in [-0.25, -0.2) is 0 Å². The van der Waals surface area contributed by atoms with E-state index in [1.54, 1.807) is 24.5 Å². The van der Waals surface area contributed by atoms with E-state index >= 15 is 0 Å². The first-order valence-electron chi connectivity index (χ1n) is 5.79. The van der Waals surface area contributed by atoms with Gasteiger partial charge in [0.1, 0.15) is 16.7 Å². The van der Waals surface area contributed by atoms with Crippen LogP contribution in [-0.4, -0.2) is 17.3 Å². The van der Waals surface area contributed by atoms with Gasteiger partial charge in [-0.05, 0) is 36.1 Å². The molecule has 0 radical (unpaired) electrons. The molecular weight excluding hydrogens is 260 g/mol. The normalized spacial score (nSPS) is 11.8. The second kappa shape index (κ2) is 6.29. The van der Waals surface area contributed by atoms with Crippen LogP contribution in [0.5, 0.6) is 11.5 Å². The molecule has 0 aromatic heterocycles. The first-order valence-corrected chi connectivity index (χ1v) is 7.08. The molecule has 0 fully saturated rings. The van der Waals surface area contributed by atoms with Crippen LogP contribution in [0.15, 0.2) is 54.6 Å². The summed E-state index contributed by atoms with van der Waals surface area (Å²) in [7, 11) is 0. The van der Waals surface area contributed by atoms with Crippen LogP contribution >= 0.6 is 11.8 Å². The number of hydrogen-bond donors (Lipinski definition) is 1. The molecule has 0 aliphatic rings. The summed E-state index contributed by atoms with van der Waals surface area (Å²) in [6.45, 7) is 0. The van der Waals surface area contributed by atoms with E-state index in [9.17, 15) is 4.79 Å². The number of hydrogen-bond acceptors (Lipinski definition) is 3. The zero-order valence-corrected chi connectivity index (χ0v) is 11.3. The van der Waals surface area contributed by atoms with Crippen molar-refractivity contribution in [1.29, 1.82) is 0 Å². The van der Waals surface area contributed by atoms with E-state index in [-0.39, 0.29) is 0 Å². The third-order valence-electron chi connectivity index (χ3n) is 2.60. The summed E-state index contributed by atoms with van der Waals surface area (Å²) in [5.74, 6) is 0.532. The van der Waals surface area contributed by atoms with Crippen molar-refractivity contribution >= 4 is 17.7 Å². The van der Waals surface area contributed by atoms with Crippen molar-refractivity contribution in [3.8, 4) is 11.5 Å². The van der Waals surface area contributed by atoms with Gasteiger partial charge < -0.3 is 9.84 Å². The molecule has 0 aliphatic heterocycles. The molecule has 0 aliphatic carbocycles. The first-order chi connectivity index (χ1) is 9.20. The summed E-state index contributed by atoms with van der Waals surface area (Å²) in [6, 6.07) is 16.6. The highest BCUT2D eigenvalue weighted by molar-refractivity contribution is 7.99. The number of carboxylic acid groups (broad SMARTS) is 1. The second-order valence-electron chi connectivity index (χ2n) is 3.94. The zero-order chi connectivity index (χ0) is 13.7. The fourth-order valence-electron chi connectivity index (χ4n) is 1.75. The van der Waals surface area contributed by atoms with Gasteiger partial charge in [0.2, 0.25) is 0 Å². The summed E-state index contributed by atoms with van der Waals surface area (Å²) in [6.07, 6.45) is 1.78. The lowest BCUT2D eigenvalue weighted by molar-refractivity contribution is -0.136. The van der Waals surface area contributed by atoms with Gasteiger partial charge in [0.15, 0.2) is 0 Å². The number of aliphatic carboxylic acids is 1. The Bertz CT molecular complexity index is 554. The molecule has 3 nitrogen and oxygen atoms in total. The molecule has 0 saturated carbocycles. The lowest BCUT2D eigenvalue weighted by Crippen LogP contribution is -2.07. The molecule has 0 spiro atoms. The van der Waals surface area contributed by atoms with Crippen LogP contribution in [0.3, 0.4) is 0 Å². The van der Waals surface area contributed by atoms with Crippen LogP contribution < -0.4 is 4.74 Å². The zero-order valence-electron chi connectivity index (χ0n) is 10.4. The van der Waals surface area contributed by atoms with E-state index in [1.807, 2.05) is 36.4 Å². The maximum Gasteiger partial charge on any atom is 0.321 e. The SMILES string of the molecule is CSC(C(=O)O)c1cccc(Oc2ccccc2)c1. The third-order valence-corrected chi connectivity index (χ3v) is 3.54. The van der Waals surface area contributed by atoms with Gasteiger partial charge in [-0.2, -0.15) is 0 Å². The number of thioether (sulfide) groups is 1. The van der Waals surface area contributed by atoms with Crippen molar-refractivity contribution in [2.24, 2.45) is 0 Å². The lowest BCUT2D eigenvalue weighted by atomic mass is 10.1. The molecule has 1 N–H and O–H groups in total. The topological polar surface area (TPSA) is 46.5 Å². The van der Waals surface area contributed by atoms with Gasteiger partial charge in [-0.3, -0.25) is 4.79 Å². The fourth-order valence-corrected chi connectivity index (χ4v) is 2.37. The Morgan fingerprint density at radius 1 is 1.11 bits per heavy atom. The lowest BCUT2D eigenvalue weighted by Gasteiger charge is -2.12. The molecule has 1 atom stereocenters. The summed E-state index contributed by atoms with van der Waals surface area (Å²) in [4.78, 5) is 11.1. The number of carbonyl (C=O) groups is 1. The van der Waals surface area contributed by atoms with Gasteiger partial charge >= 0.3 is 5.97 Å². The predicted octanol–water partition coefficient (Wildman–Crippen LogP) is 3.97. The van der Waals surface area contributed by atoms with Crippen molar-refractivity contribution in [2.45, 2.75) is 5.25 Å². The molecule has 2 aromatic carbocycles. The number of benzene rings is 2. The highest BCUT2D eigenvalue weighted by Crippen LogP contribution is 2.30. The number of para-hydroxylation sites is 1. The molecule has 1 unspecified atom stereocenters. The monoisotopic (exact) mass is 274 g/mol. The van der Waals surface area contributed by atoms with Gasteiger partial charge in [-0.15, -0.1) is 11.8 Å². The van der Waals surface area contributed by atoms with E-state index in [1.165, 1.54) is 11.8 Å². The van der Waals surface area contributed by atoms with Gasteiger partial charge in [0.05, 0.1) is 0 Å². The average Bonchev–Trinajstić information content (AvgIpc) is 2.41. The van der Waals surface area contributed by atoms with E-state index < -0.39 is 11.2 Å². The number of rotatable bonds is 5. The van der Waals surface area contributed by atoms with Crippen molar-refractivity contribution in [1.82, 2.24) is 0 Å². The summed E-state index contributed by atoms with van der Waals surface area (Å²) in [5, 5.41) is 8.58. The highest BCUT2D eigenvalue weighted by atomic mass is 32.2. The molecular formula is C15H14O3S. The Hall–Kier alpha value is -1.94. The Labute approximate surface area is 116 Å². The molecule has 19 heavy (non-hydrogen) atoms. The summed E-state index contributed by atoms with van der Waals surface area (Å²) >= 11 is 1.29. The maximum atomic E-state index is 11.1. The molecule has 0 amide bonds. The molecule has 0 bridgehead atoms. The van der Waals surface area contributed by atoms with Crippen LogP contribution in [0.4, 0.5) is 0 Å². The predicted molar refractivity (Wildman–Crippen MR) is 76.8 cm³/mol. The van der Waals surface area contributed by atoms with E-state index in [0.717, 1.165) is 11.3 Å². The van der Waals surface area contributed by atoms with E-state index in [4.69, 9.17) is 9.84 Å². The maximum absolute atomic E-state index is 11.1. The highest BCUT2D eigenvalue weighted by Gasteiger charge is 2.18. The van der Waals surface area contributed by atoms with Crippen molar-refractivity contribution in [3.63, 3.8) is 0 Å².